The lowest BCUT2D eigenvalue weighted by atomic mass is 9.84. The summed E-state index contributed by atoms with van der Waals surface area (Å²) in [6, 6.07) is 2.81. The number of benzene rings is 1. The molecule has 13 heteroatoms. The number of nitrogens with zero attached hydrogens (tertiary/aromatic N) is 2. The fraction of sp³-hybridized carbons (Fsp3) is 0.485. The van der Waals surface area contributed by atoms with E-state index in [4.69, 9.17) is 19.9 Å². The number of methoxy groups -OCH3 is 3. The Labute approximate surface area is 268 Å². The fourth-order valence-corrected chi connectivity index (χ4v) is 5.74. The number of ether oxygens (including phenoxy) is 3. The van der Waals surface area contributed by atoms with Gasteiger partial charge in [0.15, 0.2) is 11.6 Å². The second-order valence-corrected chi connectivity index (χ2v) is 11.0. The van der Waals surface area contributed by atoms with E-state index in [0.29, 0.717) is 30.8 Å². The van der Waals surface area contributed by atoms with Crippen LogP contribution in [0.15, 0.2) is 65.9 Å². The number of halogens is 3. The predicted molar refractivity (Wildman–Crippen MR) is 167 cm³/mol. The Morgan fingerprint density at radius 3 is 2.30 bits per heavy atom. The molecule has 3 rings (SSSR count). The van der Waals surface area contributed by atoms with Crippen LogP contribution >= 0.6 is 0 Å². The van der Waals surface area contributed by atoms with Crippen molar-refractivity contribution in [1.29, 1.82) is 0 Å². The second-order valence-electron chi connectivity index (χ2n) is 11.0. The minimum atomic E-state index is -1.15. The number of hydrogen-bond donors (Lipinski definition) is 2. The fourth-order valence-electron chi connectivity index (χ4n) is 5.74. The SMILES string of the molecule is C=C/C(F)=C\C=C(\OC)C1CCC(N2CCC(N)C2)CC1.COC/C(NC=O)=C(\C(=O)OC)C(c1ccc(F)c(F)c1)N(C)C=O. The Morgan fingerprint density at radius 1 is 1.11 bits per heavy atom. The minimum Gasteiger partial charge on any atom is -0.501 e. The van der Waals surface area contributed by atoms with Crippen molar-refractivity contribution in [3.8, 4) is 0 Å². The van der Waals surface area contributed by atoms with Crippen LogP contribution in [0, 0.1) is 17.6 Å². The van der Waals surface area contributed by atoms with Gasteiger partial charge in [-0.1, -0.05) is 12.6 Å². The summed E-state index contributed by atoms with van der Waals surface area (Å²) in [5.74, 6) is -2.15. The van der Waals surface area contributed by atoms with E-state index in [1.807, 2.05) is 0 Å². The first-order valence-electron chi connectivity index (χ1n) is 14.9. The van der Waals surface area contributed by atoms with Crippen LogP contribution < -0.4 is 11.1 Å². The number of nitrogens with one attached hydrogen (secondary N) is 1. The van der Waals surface area contributed by atoms with E-state index in [1.165, 1.54) is 45.2 Å². The van der Waals surface area contributed by atoms with E-state index < -0.39 is 23.6 Å². The third kappa shape index (κ3) is 10.8. The molecule has 2 amide bonds. The Balaban J connectivity index is 0.000000324. The highest BCUT2D eigenvalue weighted by Gasteiger charge is 2.32. The summed E-state index contributed by atoms with van der Waals surface area (Å²) in [5, 5.41) is 2.32. The lowest BCUT2D eigenvalue weighted by Crippen LogP contribution is -2.38. The molecule has 254 valence electrons. The van der Waals surface area contributed by atoms with E-state index in [1.54, 1.807) is 13.2 Å². The molecule has 1 saturated heterocycles. The lowest BCUT2D eigenvalue weighted by Gasteiger charge is -2.35. The van der Waals surface area contributed by atoms with Crippen LogP contribution in [-0.4, -0.2) is 88.7 Å². The molecule has 1 aromatic carbocycles. The Hall–Kier alpha value is -3.94. The van der Waals surface area contributed by atoms with Gasteiger partial charge in [0.1, 0.15) is 5.83 Å². The molecular weight excluding hydrogens is 605 g/mol. The largest absolute Gasteiger partial charge is 0.501 e. The van der Waals surface area contributed by atoms with Crippen LogP contribution in [0.2, 0.25) is 0 Å². The average Bonchev–Trinajstić information content (AvgIpc) is 3.51. The summed E-state index contributed by atoms with van der Waals surface area (Å²) in [4.78, 5) is 38.0. The number of rotatable bonds is 14. The molecule has 2 aliphatic rings. The van der Waals surface area contributed by atoms with Gasteiger partial charge < -0.3 is 30.2 Å². The quantitative estimate of drug-likeness (QED) is 0.102. The van der Waals surface area contributed by atoms with Crippen molar-refractivity contribution in [2.45, 2.75) is 50.2 Å². The predicted octanol–water partition coefficient (Wildman–Crippen LogP) is 4.06. The van der Waals surface area contributed by atoms with Gasteiger partial charge in [-0.3, -0.25) is 14.5 Å². The smallest absolute Gasteiger partial charge is 0.338 e. The summed E-state index contributed by atoms with van der Waals surface area (Å²) in [6.45, 7) is 5.40. The van der Waals surface area contributed by atoms with Gasteiger partial charge in [0, 0.05) is 45.2 Å². The molecular formula is C33H45F3N4O6. The Morgan fingerprint density at radius 2 is 1.80 bits per heavy atom. The highest BCUT2D eigenvalue weighted by atomic mass is 19.2. The van der Waals surface area contributed by atoms with Crippen molar-refractivity contribution in [3.63, 3.8) is 0 Å². The number of likely N-dealkylation sites (tertiary alicyclic amines) is 1. The van der Waals surface area contributed by atoms with E-state index >= 15 is 0 Å². The normalized spacial score (nSPS) is 21.6. The second kappa shape index (κ2) is 19.5. The van der Waals surface area contributed by atoms with Gasteiger partial charge in [-0.25, -0.2) is 18.0 Å². The van der Waals surface area contributed by atoms with Gasteiger partial charge in [0.25, 0.3) is 0 Å². The summed E-state index contributed by atoms with van der Waals surface area (Å²) < 4.78 is 55.1. The maximum atomic E-state index is 13.6. The van der Waals surface area contributed by atoms with Crippen molar-refractivity contribution in [3.05, 3.63) is 83.1 Å². The molecule has 0 aromatic heterocycles. The summed E-state index contributed by atoms with van der Waals surface area (Å²) in [6.07, 6.45) is 10.8. The first kappa shape index (κ1) is 38.2. The monoisotopic (exact) mass is 650 g/mol. The van der Waals surface area contributed by atoms with Crippen molar-refractivity contribution in [1.82, 2.24) is 15.1 Å². The highest BCUT2D eigenvalue weighted by molar-refractivity contribution is 5.92. The van der Waals surface area contributed by atoms with Crippen LogP contribution in [0.25, 0.3) is 0 Å². The highest BCUT2D eigenvalue weighted by Crippen LogP contribution is 2.34. The van der Waals surface area contributed by atoms with Crippen molar-refractivity contribution >= 4 is 18.8 Å². The number of nitrogens with two attached hydrogens (primary N) is 1. The van der Waals surface area contributed by atoms with E-state index in [-0.39, 0.29) is 29.3 Å². The number of amides is 2. The number of esters is 1. The van der Waals surface area contributed by atoms with Crippen LogP contribution in [0.3, 0.4) is 0 Å². The minimum absolute atomic E-state index is 0.0211. The van der Waals surface area contributed by atoms with E-state index in [9.17, 15) is 27.6 Å². The van der Waals surface area contributed by atoms with E-state index in [2.05, 4.69) is 16.8 Å². The van der Waals surface area contributed by atoms with Gasteiger partial charge in [0.05, 0.1) is 43.9 Å². The number of carbonyl (C=O) groups is 3. The number of carbonyl (C=O) groups excluding carboxylic acids is 3. The zero-order valence-corrected chi connectivity index (χ0v) is 26.8. The van der Waals surface area contributed by atoms with Crippen molar-refractivity contribution in [2.75, 3.05) is 48.1 Å². The van der Waals surface area contributed by atoms with E-state index in [0.717, 1.165) is 62.3 Å². The third-order valence-corrected chi connectivity index (χ3v) is 8.07. The molecule has 1 aromatic rings. The third-order valence-electron chi connectivity index (χ3n) is 8.07. The molecule has 2 fully saturated rings. The zero-order chi connectivity index (χ0) is 34.2. The van der Waals surface area contributed by atoms with Crippen LogP contribution in [-0.2, 0) is 28.6 Å². The van der Waals surface area contributed by atoms with Crippen LogP contribution in [0.1, 0.15) is 43.7 Å². The molecule has 0 radical (unpaired) electrons. The van der Waals surface area contributed by atoms with Gasteiger partial charge in [-0.2, -0.15) is 0 Å². The lowest BCUT2D eigenvalue weighted by molar-refractivity contribution is -0.137. The van der Waals surface area contributed by atoms with Crippen LogP contribution in [0.4, 0.5) is 13.2 Å². The first-order valence-corrected chi connectivity index (χ1v) is 14.9. The van der Waals surface area contributed by atoms with Gasteiger partial charge in [-0.05, 0) is 68.0 Å². The van der Waals surface area contributed by atoms with Gasteiger partial charge in [0.2, 0.25) is 12.8 Å². The molecule has 10 nitrogen and oxygen atoms in total. The molecule has 1 aliphatic heterocycles. The molecule has 1 aliphatic carbocycles. The number of allylic oxidation sites excluding steroid dienone is 5. The molecule has 3 N–H and O–H groups in total. The molecule has 1 heterocycles. The average molecular weight is 651 g/mol. The molecule has 1 saturated carbocycles. The molecule has 46 heavy (non-hydrogen) atoms. The summed E-state index contributed by atoms with van der Waals surface area (Å²) >= 11 is 0. The molecule has 2 atom stereocenters. The maximum Gasteiger partial charge on any atom is 0.338 e. The van der Waals surface area contributed by atoms with Crippen molar-refractivity contribution < 1.29 is 41.8 Å². The topological polar surface area (TPSA) is 123 Å². The molecule has 2 unspecified atom stereocenters. The number of hydrogen-bond acceptors (Lipinski definition) is 8. The van der Waals surface area contributed by atoms with Gasteiger partial charge in [-0.15, -0.1) is 0 Å². The van der Waals surface area contributed by atoms with Crippen molar-refractivity contribution in [2.24, 2.45) is 11.7 Å². The number of likely N-dealkylation sites (N-methyl/N-ethyl adjacent to an activating group) is 1. The standard InChI is InChI=1S/C17H27FN2O.C16H18F2N2O5/c1-3-14(18)6-9-17(21-2)13-4-7-16(8-5-13)20-11-10-15(19)12-20;1-20(9-22)15(10-4-5-11(17)12(18)6-10)14(16(23)25-3)13(7-24-2)19-8-21/h3,6,9,13,15-16H,1,4-5,7-8,10-12,19H2,2H3;4-6,8-9,15H,7H2,1-3H3,(H,19,21)/b14-6+,17-9+;14-13+. The van der Waals surface area contributed by atoms with Gasteiger partial charge >= 0.3 is 5.97 Å². The molecule has 0 spiro atoms. The maximum absolute atomic E-state index is 13.6. The van der Waals surface area contributed by atoms with Crippen LogP contribution in [0.5, 0.6) is 0 Å². The molecule has 0 bridgehead atoms. The zero-order valence-electron chi connectivity index (χ0n) is 26.8. The first-order chi connectivity index (χ1) is 22.0. The Kier molecular flexibility index (Phi) is 16.3. The summed E-state index contributed by atoms with van der Waals surface area (Å²) in [7, 11) is 5.44. The Bertz CT molecular complexity index is 1280. The summed E-state index contributed by atoms with van der Waals surface area (Å²) in [5.41, 5.74) is 5.96.